The molecule has 0 bridgehead atoms. The van der Waals surface area contributed by atoms with Crippen LogP contribution in [0.3, 0.4) is 0 Å². The highest BCUT2D eigenvalue weighted by atomic mass is 127. The number of pyridine rings is 1. The topological polar surface area (TPSA) is 126 Å². The highest BCUT2D eigenvalue weighted by molar-refractivity contribution is 14.1. The summed E-state index contributed by atoms with van der Waals surface area (Å²) < 4.78 is 74.5. The molecule has 1 aliphatic carbocycles. The van der Waals surface area contributed by atoms with E-state index in [1.807, 2.05) is 27.3 Å². The van der Waals surface area contributed by atoms with Crippen LogP contribution in [0, 0.1) is 21.0 Å². The molecule has 1 aliphatic rings. The minimum Gasteiger partial charge on any atom is -0.366 e. The number of benzene rings is 2. The van der Waals surface area contributed by atoms with Gasteiger partial charge in [-0.05, 0) is 76.9 Å². The van der Waals surface area contributed by atoms with Crippen LogP contribution in [0.5, 0.6) is 0 Å². The molecule has 0 atom stereocenters. The zero-order valence-electron chi connectivity index (χ0n) is 18.2. The lowest BCUT2D eigenvalue weighted by molar-refractivity contribution is 0.100. The van der Waals surface area contributed by atoms with E-state index in [-0.39, 0.29) is 33.4 Å². The van der Waals surface area contributed by atoms with Crippen LogP contribution in [-0.2, 0) is 16.6 Å². The molecular weight excluding hydrogens is 634 g/mol. The molecule has 1 heterocycles. The molecule has 190 valence electrons. The van der Waals surface area contributed by atoms with Crippen molar-refractivity contribution in [1.82, 2.24) is 9.71 Å². The molecule has 0 unspecified atom stereocenters. The number of carbonyl (C=O) groups excluding carboxylic acids is 1. The number of amides is 1. The zero-order chi connectivity index (χ0) is 26.2. The van der Waals surface area contributed by atoms with E-state index < -0.39 is 51.5 Å². The number of carbonyl (C=O) groups is 1. The second kappa shape index (κ2) is 10.4. The molecule has 1 aromatic heterocycles. The summed E-state index contributed by atoms with van der Waals surface area (Å²) in [6.45, 7) is 0. The number of nitrogens with zero attached hydrogens (tertiary/aromatic N) is 1. The molecule has 0 radical (unpaired) electrons. The van der Waals surface area contributed by atoms with Gasteiger partial charge in [-0.3, -0.25) is 9.52 Å². The van der Waals surface area contributed by atoms with Gasteiger partial charge in [-0.15, -0.1) is 0 Å². The summed E-state index contributed by atoms with van der Waals surface area (Å²) in [6.07, 6.45) is 1.94. The van der Waals surface area contributed by atoms with Crippen LogP contribution < -0.4 is 20.5 Å². The lowest BCUT2D eigenvalue weighted by Gasteiger charge is -2.16. The number of aromatic nitrogens is 1. The van der Waals surface area contributed by atoms with E-state index in [4.69, 9.17) is 17.3 Å². The predicted molar refractivity (Wildman–Crippen MR) is 138 cm³/mol. The Morgan fingerprint density at radius 3 is 2.47 bits per heavy atom. The molecule has 1 saturated carbocycles. The summed E-state index contributed by atoms with van der Waals surface area (Å²) in [6, 6.07) is 6.73. The third kappa shape index (κ3) is 6.02. The van der Waals surface area contributed by atoms with Crippen molar-refractivity contribution in [3.63, 3.8) is 0 Å². The van der Waals surface area contributed by atoms with E-state index in [0.29, 0.717) is 12.8 Å². The van der Waals surface area contributed by atoms with E-state index >= 15 is 13.2 Å². The normalized spacial score (nSPS) is 13.5. The molecule has 1 amide bonds. The van der Waals surface area contributed by atoms with Crippen LogP contribution in [0.15, 0.2) is 36.5 Å². The highest BCUT2D eigenvalue weighted by Crippen LogP contribution is 2.33. The van der Waals surface area contributed by atoms with Crippen molar-refractivity contribution < 1.29 is 26.4 Å². The first-order valence-electron chi connectivity index (χ1n) is 10.4. The summed E-state index contributed by atoms with van der Waals surface area (Å²) in [4.78, 5) is 15.8. The van der Waals surface area contributed by atoms with Crippen molar-refractivity contribution in [2.75, 3.05) is 10.0 Å². The number of nitrogens with one attached hydrogen (secondary N) is 3. The molecule has 2 aromatic carbocycles. The molecule has 0 aliphatic heterocycles. The maximum Gasteiger partial charge on any atom is 0.300 e. The van der Waals surface area contributed by atoms with E-state index in [1.54, 1.807) is 12.1 Å². The van der Waals surface area contributed by atoms with Crippen LogP contribution >= 0.6 is 34.2 Å². The second-order valence-corrected chi connectivity index (χ2v) is 11.1. The maximum atomic E-state index is 15.1. The first-order chi connectivity index (χ1) is 16.9. The number of anilines is 3. The van der Waals surface area contributed by atoms with Gasteiger partial charge < -0.3 is 11.1 Å². The van der Waals surface area contributed by atoms with Crippen molar-refractivity contribution in [3.05, 3.63) is 79.3 Å². The fourth-order valence-corrected chi connectivity index (χ4v) is 5.36. The quantitative estimate of drug-likeness (QED) is 0.252. The van der Waals surface area contributed by atoms with Gasteiger partial charge in [0.25, 0.3) is 5.91 Å². The van der Waals surface area contributed by atoms with Crippen molar-refractivity contribution >= 4 is 67.5 Å². The fourth-order valence-electron chi connectivity index (χ4n) is 3.32. The summed E-state index contributed by atoms with van der Waals surface area (Å²) in [5.41, 5.74) is 4.14. The fraction of sp³-hybridized carbons (Fsp3) is 0.182. The van der Waals surface area contributed by atoms with Gasteiger partial charge in [0.2, 0.25) is 0 Å². The van der Waals surface area contributed by atoms with E-state index in [9.17, 15) is 13.2 Å². The van der Waals surface area contributed by atoms with Crippen molar-refractivity contribution in [2.45, 2.75) is 25.3 Å². The van der Waals surface area contributed by atoms with Gasteiger partial charge >= 0.3 is 10.2 Å². The highest BCUT2D eigenvalue weighted by Gasteiger charge is 2.28. The predicted octanol–water partition coefficient (Wildman–Crippen LogP) is 4.60. The van der Waals surface area contributed by atoms with Crippen molar-refractivity contribution in [2.24, 2.45) is 5.73 Å². The minimum atomic E-state index is -4.08. The average Bonchev–Trinajstić information content (AvgIpc) is 3.60. The zero-order valence-corrected chi connectivity index (χ0v) is 21.9. The third-order valence-corrected chi connectivity index (χ3v) is 7.31. The standard InChI is InChI=1S/C22H18ClF3IN5O3S/c23-15-9-12(27)1-4-16(15)30-20-14(21(28)33)8-11(17(24)19(20)26)7-10-5-6-29-22(18(10)25)32-36(34,35)31-13-2-3-13/h1,4-6,8-9,13,30-31H,2-3,7H2,(H2,28,33)(H,29,32). The maximum absolute atomic E-state index is 15.1. The van der Waals surface area contributed by atoms with Gasteiger partial charge in [-0.2, -0.15) is 13.1 Å². The van der Waals surface area contributed by atoms with Gasteiger partial charge in [-0.1, -0.05) is 11.6 Å². The number of rotatable bonds is 9. The summed E-state index contributed by atoms with van der Waals surface area (Å²) in [5, 5.41) is 2.80. The van der Waals surface area contributed by atoms with E-state index in [0.717, 1.165) is 15.8 Å². The van der Waals surface area contributed by atoms with Gasteiger partial charge in [-0.25, -0.2) is 18.2 Å². The third-order valence-electron chi connectivity index (χ3n) is 5.22. The Morgan fingerprint density at radius 2 is 1.83 bits per heavy atom. The van der Waals surface area contributed by atoms with Crippen LogP contribution in [0.1, 0.15) is 34.3 Å². The Morgan fingerprint density at radius 1 is 1.11 bits per heavy atom. The lowest BCUT2D eigenvalue weighted by atomic mass is 10.00. The lowest BCUT2D eigenvalue weighted by Crippen LogP contribution is -2.32. The summed E-state index contributed by atoms with van der Waals surface area (Å²) >= 11 is 8.17. The van der Waals surface area contributed by atoms with Gasteiger partial charge in [0.15, 0.2) is 23.3 Å². The monoisotopic (exact) mass is 651 g/mol. The average molecular weight is 652 g/mol. The molecule has 0 spiro atoms. The van der Waals surface area contributed by atoms with Crippen LogP contribution in [0.2, 0.25) is 5.02 Å². The SMILES string of the molecule is NC(=O)c1cc(Cc2ccnc(NS(=O)(=O)NC3CC3)c2F)c(F)c(F)c1Nc1ccc(I)cc1Cl. The molecule has 3 aromatic rings. The van der Waals surface area contributed by atoms with E-state index in [1.165, 1.54) is 12.1 Å². The molecule has 36 heavy (non-hydrogen) atoms. The molecule has 5 N–H and O–H groups in total. The number of hydrogen-bond acceptors (Lipinski definition) is 5. The number of halogens is 5. The molecule has 8 nitrogen and oxygen atoms in total. The number of primary amides is 1. The smallest absolute Gasteiger partial charge is 0.300 e. The van der Waals surface area contributed by atoms with Gasteiger partial charge in [0, 0.05) is 22.2 Å². The molecule has 14 heteroatoms. The molecule has 4 rings (SSSR count). The Balaban J connectivity index is 1.67. The second-order valence-electron chi connectivity index (χ2n) is 8.01. The first-order valence-corrected chi connectivity index (χ1v) is 13.4. The number of nitrogens with two attached hydrogens (primary N) is 1. The Hall–Kier alpha value is -2.62. The Bertz CT molecular complexity index is 1470. The van der Waals surface area contributed by atoms with Crippen molar-refractivity contribution in [3.8, 4) is 0 Å². The van der Waals surface area contributed by atoms with Gasteiger partial charge in [0.1, 0.15) is 0 Å². The van der Waals surface area contributed by atoms with Gasteiger partial charge in [0.05, 0.1) is 22.0 Å². The minimum absolute atomic E-state index is 0.191. The summed E-state index contributed by atoms with van der Waals surface area (Å²) in [7, 11) is -4.08. The van der Waals surface area contributed by atoms with E-state index in [2.05, 4.69) is 15.0 Å². The Labute approximate surface area is 223 Å². The van der Waals surface area contributed by atoms with Crippen molar-refractivity contribution in [1.29, 1.82) is 0 Å². The molecular formula is C22H18ClF3IN5O3S. The molecule has 0 saturated heterocycles. The van der Waals surface area contributed by atoms with Crippen LogP contribution in [-0.4, -0.2) is 25.4 Å². The number of hydrogen-bond donors (Lipinski definition) is 4. The van der Waals surface area contributed by atoms with Crippen LogP contribution in [0.4, 0.5) is 30.4 Å². The first kappa shape index (κ1) is 26.4. The van der Waals surface area contributed by atoms with Crippen LogP contribution in [0.25, 0.3) is 0 Å². The largest absolute Gasteiger partial charge is 0.366 e. The molecule has 1 fully saturated rings. The summed E-state index contributed by atoms with van der Waals surface area (Å²) in [5.74, 6) is -5.51. The Kier molecular flexibility index (Phi) is 7.64.